The average molecular weight is 423 g/mol. The SMILES string of the molecule is CCN(CC)c1ccc(C2C(C(=O)C(C)C)=C(O)C(=O)N2c2ccccc2OC)cc1. The summed E-state index contributed by atoms with van der Waals surface area (Å²) in [5.74, 6) is -1.22. The Bertz CT molecular complexity index is 991. The highest BCUT2D eigenvalue weighted by Crippen LogP contribution is 2.44. The van der Waals surface area contributed by atoms with E-state index < -0.39 is 17.7 Å². The Morgan fingerprint density at radius 3 is 2.26 bits per heavy atom. The minimum absolute atomic E-state index is 0.126. The molecule has 1 amide bonds. The summed E-state index contributed by atoms with van der Waals surface area (Å²) in [6.45, 7) is 9.47. The maximum Gasteiger partial charge on any atom is 0.294 e. The summed E-state index contributed by atoms with van der Waals surface area (Å²) < 4.78 is 5.46. The van der Waals surface area contributed by atoms with Gasteiger partial charge in [-0.3, -0.25) is 14.5 Å². The van der Waals surface area contributed by atoms with Crippen LogP contribution in [0.25, 0.3) is 0 Å². The Kier molecular flexibility index (Phi) is 6.68. The van der Waals surface area contributed by atoms with E-state index in [1.54, 1.807) is 32.0 Å². The van der Waals surface area contributed by atoms with Crippen LogP contribution < -0.4 is 14.5 Å². The van der Waals surface area contributed by atoms with Gasteiger partial charge in [0.15, 0.2) is 11.5 Å². The molecule has 2 aromatic rings. The molecule has 6 nitrogen and oxygen atoms in total. The topological polar surface area (TPSA) is 70.1 Å². The van der Waals surface area contributed by atoms with Crippen molar-refractivity contribution in [3.05, 3.63) is 65.4 Å². The molecule has 1 aliphatic heterocycles. The van der Waals surface area contributed by atoms with Crippen LogP contribution in [0.5, 0.6) is 5.75 Å². The summed E-state index contributed by atoms with van der Waals surface area (Å²) in [6, 6.07) is 14.2. The number of aliphatic hydroxyl groups excluding tert-OH is 1. The van der Waals surface area contributed by atoms with E-state index in [-0.39, 0.29) is 17.3 Å². The Morgan fingerprint density at radius 1 is 1.10 bits per heavy atom. The summed E-state index contributed by atoms with van der Waals surface area (Å²) in [4.78, 5) is 29.9. The first kappa shape index (κ1) is 22.4. The van der Waals surface area contributed by atoms with Gasteiger partial charge in [0.25, 0.3) is 5.91 Å². The van der Waals surface area contributed by atoms with E-state index in [0.717, 1.165) is 24.3 Å². The molecule has 0 radical (unpaired) electrons. The molecule has 0 spiro atoms. The number of carbonyl (C=O) groups excluding carboxylic acids is 2. The third-order valence-corrected chi connectivity index (χ3v) is 5.68. The van der Waals surface area contributed by atoms with Crippen LogP contribution in [0, 0.1) is 5.92 Å². The second-order valence-electron chi connectivity index (χ2n) is 7.79. The lowest BCUT2D eigenvalue weighted by molar-refractivity contribution is -0.119. The lowest BCUT2D eigenvalue weighted by Gasteiger charge is -2.29. The summed E-state index contributed by atoms with van der Waals surface area (Å²) >= 11 is 0. The standard InChI is InChI=1S/C25H30N2O4/c1-6-26(7-2)18-14-12-17(13-15-18)22-21(23(28)16(3)4)24(29)25(30)27(22)19-10-8-9-11-20(19)31-5/h8-16,22,29H,6-7H2,1-5H3. The molecule has 1 aliphatic rings. The van der Waals surface area contributed by atoms with Crippen LogP contribution in [-0.4, -0.2) is 37.0 Å². The van der Waals surface area contributed by atoms with Gasteiger partial charge >= 0.3 is 0 Å². The molecule has 6 heteroatoms. The average Bonchev–Trinajstić information content (AvgIpc) is 3.04. The smallest absolute Gasteiger partial charge is 0.294 e. The van der Waals surface area contributed by atoms with Crippen molar-refractivity contribution >= 4 is 23.1 Å². The molecule has 0 bridgehead atoms. The lowest BCUT2D eigenvalue weighted by Crippen LogP contribution is -2.32. The molecule has 1 unspecified atom stereocenters. The van der Waals surface area contributed by atoms with E-state index >= 15 is 0 Å². The molecular weight excluding hydrogens is 392 g/mol. The molecule has 31 heavy (non-hydrogen) atoms. The number of benzene rings is 2. The van der Waals surface area contributed by atoms with Crippen molar-refractivity contribution in [2.75, 3.05) is 30.0 Å². The van der Waals surface area contributed by atoms with Crippen LogP contribution in [0.4, 0.5) is 11.4 Å². The fourth-order valence-corrected chi connectivity index (χ4v) is 4.02. The Hall–Kier alpha value is -3.28. The molecule has 0 fully saturated rings. The summed E-state index contributed by atoms with van der Waals surface area (Å²) in [5, 5.41) is 10.7. The third-order valence-electron chi connectivity index (χ3n) is 5.68. The van der Waals surface area contributed by atoms with Gasteiger partial charge in [-0.2, -0.15) is 0 Å². The van der Waals surface area contributed by atoms with Gasteiger partial charge in [-0.15, -0.1) is 0 Å². The van der Waals surface area contributed by atoms with Crippen LogP contribution in [0.3, 0.4) is 0 Å². The normalized spacial score (nSPS) is 16.3. The molecule has 164 valence electrons. The zero-order chi connectivity index (χ0) is 22.7. The molecule has 1 N–H and O–H groups in total. The van der Waals surface area contributed by atoms with Gasteiger partial charge in [0, 0.05) is 24.7 Å². The van der Waals surface area contributed by atoms with Gasteiger partial charge in [0.05, 0.1) is 24.4 Å². The van der Waals surface area contributed by atoms with Crippen LogP contribution in [0.2, 0.25) is 0 Å². The third kappa shape index (κ3) is 4.02. The number of ether oxygens (including phenoxy) is 1. The monoisotopic (exact) mass is 422 g/mol. The Labute approximate surface area is 183 Å². The molecule has 0 saturated carbocycles. The first-order chi connectivity index (χ1) is 14.8. The largest absolute Gasteiger partial charge is 0.503 e. The van der Waals surface area contributed by atoms with Crippen LogP contribution in [0.1, 0.15) is 39.3 Å². The van der Waals surface area contributed by atoms with Crippen molar-refractivity contribution in [3.63, 3.8) is 0 Å². The van der Waals surface area contributed by atoms with E-state index in [9.17, 15) is 14.7 Å². The zero-order valence-electron chi connectivity index (χ0n) is 18.8. The molecule has 0 aromatic heterocycles. The van der Waals surface area contributed by atoms with E-state index in [1.807, 2.05) is 30.3 Å². The number of aliphatic hydroxyl groups is 1. The molecule has 1 atom stereocenters. The number of rotatable bonds is 8. The van der Waals surface area contributed by atoms with E-state index in [2.05, 4.69) is 18.7 Å². The number of Topliss-reactive ketones (excluding diaryl/α,β-unsaturated/α-hetero) is 1. The zero-order valence-corrected chi connectivity index (χ0v) is 18.8. The maximum absolute atomic E-state index is 13.2. The summed E-state index contributed by atoms with van der Waals surface area (Å²) in [5.41, 5.74) is 2.45. The summed E-state index contributed by atoms with van der Waals surface area (Å²) in [6.07, 6.45) is 0. The first-order valence-electron chi connectivity index (χ1n) is 10.6. The number of anilines is 2. The second kappa shape index (κ2) is 9.25. The van der Waals surface area contributed by atoms with Crippen molar-refractivity contribution in [3.8, 4) is 5.75 Å². The number of methoxy groups -OCH3 is 1. The van der Waals surface area contributed by atoms with Gasteiger partial charge in [-0.05, 0) is 43.7 Å². The molecule has 0 aliphatic carbocycles. The number of nitrogens with zero attached hydrogens (tertiary/aromatic N) is 2. The van der Waals surface area contributed by atoms with Crippen LogP contribution in [0.15, 0.2) is 59.9 Å². The highest BCUT2D eigenvalue weighted by atomic mass is 16.5. The van der Waals surface area contributed by atoms with Gasteiger partial charge in [0.2, 0.25) is 0 Å². The van der Waals surface area contributed by atoms with Gasteiger partial charge in [-0.25, -0.2) is 0 Å². The van der Waals surface area contributed by atoms with Gasteiger partial charge in [0.1, 0.15) is 5.75 Å². The number of hydrogen-bond acceptors (Lipinski definition) is 5. The van der Waals surface area contributed by atoms with Crippen molar-refractivity contribution < 1.29 is 19.4 Å². The summed E-state index contributed by atoms with van der Waals surface area (Å²) in [7, 11) is 1.53. The van der Waals surface area contributed by atoms with Crippen molar-refractivity contribution in [2.24, 2.45) is 5.92 Å². The fraction of sp³-hybridized carbons (Fsp3) is 0.360. The molecule has 1 heterocycles. The minimum atomic E-state index is -0.732. The number of carbonyl (C=O) groups is 2. The van der Waals surface area contributed by atoms with Crippen molar-refractivity contribution in [1.29, 1.82) is 0 Å². The number of amides is 1. The highest BCUT2D eigenvalue weighted by Gasteiger charge is 2.45. The second-order valence-corrected chi connectivity index (χ2v) is 7.79. The molecule has 3 rings (SSSR count). The quantitative estimate of drug-likeness (QED) is 0.670. The predicted octanol–water partition coefficient (Wildman–Crippen LogP) is 4.67. The van der Waals surface area contributed by atoms with Gasteiger partial charge in [-0.1, -0.05) is 38.1 Å². The van der Waals surface area contributed by atoms with E-state index in [4.69, 9.17) is 4.74 Å². The van der Waals surface area contributed by atoms with Crippen molar-refractivity contribution in [2.45, 2.75) is 33.7 Å². The van der Waals surface area contributed by atoms with Crippen LogP contribution >= 0.6 is 0 Å². The minimum Gasteiger partial charge on any atom is -0.503 e. The molecule has 2 aromatic carbocycles. The number of para-hydroxylation sites is 2. The lowest BCUT2D eigenvalue weighted by atomic mass is 9.91. The maximum atomic E-state index is 13.2. The number of ketones is 1. The van der Waals surface area contributed by atoms with E-state index in [0.29, 0.717) is 11.4 Å². The number of hydrogen-bond donors (Lipinski definition) is 1. The van der Waals surface area contributed by atoms with E-state index in [1.165, 1.54) is 12.0 Å². The first-order valence-corrected chi connectivity index (χ1v) is 10.6. The molecule has 0 saturated heterocycles. The Balaban J connectivity index is 2.16. The van der Waals surface area contributed by atoms with Gasteiger partial charge < -0.3 is 14.7 Å². The van der Waals surface area contributed by atoms with Crippen molar-refractivity contribution in [1.82, 2.24) is 0 Å². The molecular formula is C25H30N2O4. The highest BCUT2D eigenvalue weighted by molar-refractivity contribution is 6.17. The fourth-order valence-electron chi connectivity index (χ4n) is 4.02. The van der Waals surface area contributed by atoms with Crippen LogP contribution in [-0.2, 0) is 9.59 Å². The Morgan fingerprint density at radius 2 is 1.71 bits per heavy atom. The predicted molar refractivity (Wildman–Crippen MR) is 123 cm³/mol.